The Kier molecular flexibility index (Phi) is 8.09. The lowest BCUT2D eigenvalue weighted by atomic mass is 9.78. The largest absolute Gasteiger partial charge is 0.396 e. The van der Waals surface area contributed by atoms with Crippen LogP contribution >= 0.6 is 11.8 Å². The minimum atomic E-state index is -0.750. The van der Waals surface area contributed by atoms with Gasteiger partial charge in [-0.15, -0.1) is 11.8 Å². The van der Waals surface area contributed by atoms with Gasteiger partial charge in [-0.25, -0.2) is 0 Å². The Morgan fingerprint density at radius 1 is 0.900 bits per heavy atom. The minimum Gasteiger partial charge on any atom is -0.396 e. The van der Waals surface area contributed by atoms with E-state index in [1.807, 2.05) is 45.0 Å². The van der Waals surface area contributed by atoms with Crippen LogP contribution in [0.15, 0.2) is 54.6 Å². The second-order valence-electron chi connectivity index (χ2n) is 12.0. The molecule has 4 heterocycles. The summed E-state index contributed by atoms with van der Waals surface area (Å²) in [5.41, 5.74) is 1.07. The summed E-state index contributed by atoms with van der Waals surface area (Å²) in [6.45, 7) is 2.20. The van der Waals surface area contributed by atoms with Crippen molar-refractivity contribution in [3.63, 3.8) is 0 Å². The van der Waals surface area contributed by atoms with E-state index in [9.17, 15) is 19.5 Å². The maximum atomic E-state index is 14.5. The zero-order valence-corrected chi connectivity index (χ0v) is 24.0. The average Bonchev–Trinajstić information content (AvgIpc) is 3.29. The van der Waals surface area contributed by atoms with Crippen LogP contribution in [0.2, 0.25) is 0 Å². The summed E-state index contributed by atoms with van der Waals surface area (Å²) in [6.07, 6.45) is 16.2. The van der Waals surface area contributed by atoms with E-state index in [0.717, 1.165) is 44.1 Å². The van der Waals surface area contributed by atoms with Crippen molar-refractivity contribution < 1.29 is 19.5 Å². The Hall–Kier alpha value is -2.58. The summed E-state index contributed by atoms with van der Waals surface area (Å²) < 4.78 is -0.750. The van der Waals surface area contributed by atoms with E-state index in [2.05, 4.69) is 24.3 Å². The third-order valence-electron chi connectivity index (χ3n) is 9.56. The number of aliphatic hydroxyl groups excluding tert-OH is 1. The first-order valence-corrected chi connectivity index (χ1v) is 16.0. The van der Waals surface area contributed by atoms with Gasteiger partial charge >= 0.3 is 0 Å². The van der Waals surface area contributed by atoms with Crippen LogP contribution in [0.3, 0.4) is 0 Å². The van der Waals surface area contributed by atoms with Gasteiger partial charge in [-0.1, -0.05) is 73.9 Å². The van der Waals surface area contributed by atoms with Crippen molar-refractivity contribution in [2.45, 2.75) is 80.0 Å². The molecule has 1 aromatic carbocycles. The summed E-state index contributed by atoms with van der Waals surface area (Å²) in [4.78, 5) is 48.9. The van der Waals surface area contributed by atoms with Crippen molar-refractivity contribution in [2.24, 2.45) is 11.8 Å². The molecule has 1 unspecified atom stereocenters. The van der Waals surface area contributed by atoms with Gasteiger partial charge in [0.1, 0.15) is 6.04 Å². The quantitative estimate of drug-likeness (QED) is 0.385. The van der Waals surface area contributed by atoms with Gasteiger partial charge in [-0.3, -0.25) is 14.4 Å². The van der Waals surface area contributed by atoms with E-state index in [1.165, 1.54) is 6.42 Å². The molecule has 0 bridgehead atoms. The van der Waals surface area contributed by atoms with Crippen LogP contribution in [-0.2, 0) is 20.9 Å². The predicted octanol–water partition coefficient (Wildman–Crippen LogP) is 3.78. The zero-order chi connectivity index (χ0) is 27.7. The molecule has 7 nitrogen and oxygen atoms in total. The fourth-order valence-corrected chi connectivity index (χ4v) is 9.69. The number of unbranched alkanes of at least 4 members (excludes halogenated alkanes) is 2. The van der Waals surface area contributed by atoms with E-state index in [4.69, 9.17) is 0 Å². The number of hydrogen-bond donors (Lipinski definition) is 1. The first-order valence-electron chi connectivity index (χ1n) is 15.1. The molecule has 1 N–H and O–H groups in total. The Bertz CT molecular complexity index is 1170. The summed E-state index contributed by atoms with van der Waals surface area (Å²) in [5, 5.41) is 9.16. The molecule has 40 heavy (non-hydrogen) atoms. The number of aliphatic hydroxyl groups is 1. The SMILES string of the molecule is O=C1[C@@H]2[C@H](C=CCN1Cc1ccccc1)S[C@]13C=CCN(C4CCCCC4)C(=O)C1N(CCCCCO)C(=O)[C@H]23. The lowest BCUT2D eigenvalue weighted by Gasteiger charge is -2.39. The van der Waals surface area contributed by atoms with Crippen molar-refractivity contribution in [2.75, 3.05) is 26.2 Å². The summed E-state index contributed by atoms with van der Waals surface area (Å²) >= 11 is 1.67. The molecule has 2 saturated heterocycles. The number of nitrogens with zero attached hydrogens (tertiary/aromatic N) is 3. The summed E-state index contributed by atoms with van der Waals surface area (Å²) in [5.74, 6) is -1.05. The third-order valence-corrected chi connectivity index (χ3v) is 11.3. The number of amides is 3. The molecular weight excluding hydrogens is 522 g/mol. The number of likely N-dealkylation sites (tertiary alicyclic amines) is 1. The molecule has 1 aromatic rings. The van der Waals surface area contributed by atoms with Gasteiger partial charge in [0.2, 0.25) is 17.7 Å². The van der Waals surface area contributed by atoms with Gasteiger partial charge in [0, 0.05) is 44.1 Å². The molecular formula is C32H41N3O4S. The van der Waals surface area contributed by atoms with Crippen LogP contribution in [0.5, 0.6) is 0 Å². The third kappa shape index (κ3) is 4.81. The Morgan fingerprint density at radius 2 is 1.70 bits per heavy atom. The second kappa shape index (κ2) is 11.7. The van der Waals surface area contributed by atoms with Gasteiger partial charge in [-0.05, 0) is 37.7 Å². The molecule has 3 amide bonds. The Balaban J connectivity index is 1.34. The number of hydrogen-bond acceptors (Lipinski definition) is 5. The van der Waals surface area contributed by atoms with Crippen LogP contribution in [0.4, 0.5) is 0 Å². The number of carbonyl (C=O) groups is 3. The molecule has 5 atom stereocenters. The van der Waals surface area contributed by atoms with E-state index in [0.29, 0.717) is 32.6 Å². The van der Waals surface area contributed by atoms with Gasteiger partial charge in [0.25, 0.3) is 0 Å². The van der Waals surface area contributed by atoms with Gasteiger partial charge in [0.15, 0.2) is 0 Å². The molecule has 1 aliphatic carbocycles. The lowest BCUT2D eigenvalue weighted by molar-refractivity contribution is -0.145. The molecule has 5 aliphatic rings. The highest BCUT2D eigenvalue weighted by Gasteiger charge is 2.71. The average molecular weight is 564 g/mol. The van der Waals surface area contributed by atoms with Crippen molar-refractivity contribution in [1.29, 1.82) is 0 Å². The molecule has 1 saturated carbocycles. The molecule has 214 valence electrons. The Labute approximate surface area is 241 Å². The Morgan fingerprint density at radius 3 is 2.48 bits per heavy atom. The van der Waals surface area contributed by atoms with Crippen molar-refractivity contribution in [3.05, 3.63) is 60.2 Å². The van der Waals surface area contributed by atoms with E-state index < -0.39 is 22.6 Å². The van der Waals surface area contributed by atoms with Crippen molar-refractivity contribution in [3.8, 4) is 0 Å². The van der Waals surface area contributed by atoms with E-state index in [-0.39, 0.29) is 35.6 Å². The van der Waals surface area contributed by atoms with Gasteiger partial charge < -0.3 is 19.8 Å². The molecule has 0 aromatic heterocycles. The highest BCUT2D eigenvalue weighted by Crippen LogP contribution is 2.61. The van der Waals surface area contributed by atoms with E-state index >= 15 is 0 Å². The van der Waals surface area contributed by atoms with Crippen LogP contribution < -0.4 is 0 Å². The molecule has 4 aliphatic heterocycles. The van der Waals surface area contributed by atoms with Gasteiger partial charge in [0.05, 0.1) is 16.6 Å². The maximum absolute atomic E-state index is 14.5. The highest BCUT2D eigenvalue weighted by molar-refractivity contribution is 8.02. The standard InChI is InChI=1S/C32H41N3O4S/c36-21-9-3-8-19-35-28-31(39)34(24-14-6-2-7-15-24)20-11-17-32(28)27(30(35)38)26-25(40-32)16-10-18-33(29(26)37)22-23-12-4-1-5-13-23/h1,4-5,10-13,16-17,24-28,36H,2-3,6-9,14-15,18-22H2/t25-,26+,27-,28?,32-/m0/s1. The minimum absolute atomic E-state index is 0.0108. The van der Waals surface area contributed by atoms with Crippen LogP contribution in [0, 0.1) is 11.8 Å². The van der Waals surface area contributed by atoms with E-state index in [1.54, 1.807) is 11.8 Å². The van der Waals surface area contributed by atoms with Crippen LogP contribution in [0.25, 0.3) is 0 Å². The highest BCUT2D eigenvalue weighted by atomic mass is 32.2. The van der Waals surface area contributed by atoms with Crippen molar-refractivity contribution in [1.82, 2.24) is 14.7 Å². The number of thioether (sulfide) groups is 1. The predicted molar refractivity (Wildman–Crippen MR) is 156 cm³/mol. The number of carbonyl (C=O) groups excluding carboxylic acids is 3. The monoisotopic (exact) mass is 563 g/mol. The molecule has 0 radical (unpaired) electrons. The summed E-state index contributed by atoms with van der Waals surface area (Å²) in [7, 11) is 0. The first-order chi connectivity index (χ1) is 19.5. The lowest BCUT2D eigenvalue weighted by Crippen LogP contribution is -2.55. The zero-order valence-electron chi connectivity index (χ0n) is 23.2. The van der Waals surface area contributed by atoms with Crippen LogP contribution in [-0.4, -0.2) is 85.8 Å². The number of benzene rings is 1. The fraction of sp³-hybridized carbons (Fsp3) is 0.594. The number of fused-ring (bicyclic) bond motifs is 2. The topological polar surface area (TPSA) is 81.2 Å². The normalized spacial score (nSPS) is 32.2. The maximum Gasteiger partial charge on any atom is 0.247 e. The van der Waals surface area contributed by atoms with Crippen LogP contribution in [0.1, 0.15) is 56.9 Å². The molecule has 6 rings (SSSR count). The molecule has 3 fully saturated rings. The molecule has 8 heteroatoms. The molecule has 1 spiro atoms. The van der Waals surface area contributed by atoms with Gasteiger partial charge in [-0.2, -0.15) is 0 Å². The second-order valence-corrected chi connectivity index (χ2v) is 13.5. The first kappa shape index (κ1) is 27.6. The smallest absolute Gasteiger partial charge is 0.247 e. The number of rotatable bonds is 8. The fourth-order valence-electron chi connectivity index (χ4n) is 7.68. The summed E-state index contributed by atoms with van der Waals surface area (Å²) in [6, 6.07) is 9.61. The van der Waals surface area contributed by atoms with Crippen molar-refractivity contribution >= 4 is 29.5 Å².